The van der Waals surface area contributed by atoms with Crippen LogP contribution in [0.15, 0.2) is 42.5 Å². The minimum atomic E-state index is -0.308. The van der Waals surface area contributed by atoms with Crippen LogP contribution in [-0.4, -0.2) is 35.7 Å². The molecule has 2 heterocycles. The summed E-state index contributed by atoms with van der Waals surface area (Å²) in [6.45, 7) is 2.68. The van der Waals surface area contributed by atoms with E-state index in [9.17, 15) is 14.4 Å². The lowest BCUT2D eigenvalue weighted by Crippen LogP contribution is -2.39. The molecule has 0 fully saturated rings. The topological polar surface area (TPSA) is 57.7 Å². The van der Waals surface area contributed by atoms with Gasteiger partial charge in [-0.15, -0.1) is 0 Å². The molecule has 0 atom stereocenters. The number of hydrogen-bond donors (Lipinski definition) is 0. The Balaban J connectivity index is 1.48. The van der Waals surface area contributed by atoms with Crippen molar-refractivity contribution in [2.24, 2.45) is 0 Å². The van der Waals surface area contributed by atoms with Crippen molar-refractivity contribution in [1.82, 2.24) is 4.90 Å². The van der Waals surface area contributed by atoms with Gasteiger partial charge in [0.2, 0.25) is 5.91 Å². The minimum absolute atomic E-state index is 0.0510. The van der Waals surface area contributed by atoms with Crippen molar-refractivity contribution in [3.63, 3.8) is 0 Å². The molecular formula is C21H20N2O3. The second-order valence-electron chi connectivity index (χ2n) is 6.84. The Morgan fingerprint density at radius 1 is 1.04 bits per heavy atom. The van der Waals surface area contributed by atoms with Gasteiger partial charge < -0.3 is 4.90 Å². The summed E-state index contributed by atoms with van der Waals surface area (Å²) in [5.74, 6) is -0.665. The first-order chi connectivity index (χ1) is 12.6. The van der Waals surface area contributed by atoms with Crippen LogP contribution in [0.1, 0.15) is 44.7 Å². The number of nitrogens with zero attached hydrogens (tertiary/aromatic N) is 2. The maximum Gasteiger partial charge on any atom is 0.261 e. The molecule has 0 N–H and O–H groups in total. The molecule has 0 saturated heterocycles. The van der Waals surface area contributed by atoms with Crippen LogP contribution in [0.4, 0.5) is 5.69 Å². The molecule has 26 heavy (non-hydrogen) atoms. The number of carbonyl (C=O) groups excluding carboxylic acids is 3. The highest BCUT2D eigenvalue weighted by Gasteiger charge is 2.36. The van der Waals surface area contributed by atoms with Gasteiger partial charge in [0.25, 0.3) is 11.8 Å². The van der Waals surface area contributed by atoms with Gasteiger partial charge in [0.1, 0.15) is 0 Å². The summed E-state index contributed by atoms with van der Waals surface area (Å²) in [5.41, 5.74) is 3.92. The van der Waals surface area contributed by atoms with Crippen LogP contribution in [0.2, 0.25) is 0 Å². The van der Waals surface area contributed by atoms with Crippen LogP contribution in [0.3, 0.4) is 0 Å². The summed E-state index contributed by atoms with van der Waals surface area (Å²) in [5, 5.41) is 0. The zero-order valence-corrected chi connectivity index (χ0v) is 14.7. The number of rotatable bonds is 3. The van der Waals surface area contributed by atoms with Gasteiger partial charge in [-0.1, -0.05) is 29.8 Å². The fourth-order valence-electron chi connectivity index (χ4n) is 3.74. The average molecular weight is 348 g/mol. The molecule has 0 bridgehead atoms. The summed E-state index contributed by atoms with van der Waals surface area (Å²) in [4.78, 5) is 40.7. The number of hydrogen-bond acceptors (Lipinski definition) is 3. The molecule has 4 rings (SSSR count). The number of aryl methyl sites for hydroxylation is 2. The second kappa shape index (κ2) is 6.41. The van der Waals surface area contributed by atoms with Gasteiger partial charge in [-0.3, -0.25) is 19.3 Å². The Morgan fingerprint density at radius 2 is 1.81 bits per heavy atom. The van der Waals surface area contributed by atoms with Crippen molar-refractivity contribution >= 4 is 23.4 Å². The molecule has 2 aromatic rings. The first-order valence-corrected chi connectivity index (χ1v) is 8.91. The molecule has 2 aliphatic rings. The SMILES string of the molecule is Cc1ccc2c(c1)C(=O)N(CCC(=O)N1CCCc3ccccc31)C2=O. The Hall–Kier alpha value is -2.95. The minimum Gasteiger partial charge on any atom is -0.312 e. The number of amides is 3. The smallest absolute Gasteiger partial charge is 0.261 e. The molecule has 0 aliphatic carbocycles. The molecule has 2 aliphatic heterocycles. The van der Waals surface area contributed by atoms with Crippen molar-refractivity contribution in [3.8, 4) is 0 Å². The van der Waals surface area contributed by atoms with Crippen LogP contribution < -0.4 is 4.90 Å². The second-order valence-corrected chi connectivity index (χ2v) is 6.84. The molecule has 0 saturated carbocycles. The van der Waals surface area contributed by atoms with Crippen LogP contribution in [0, 0.1) is 6.92 Å². The number of fused-ring (bicyclic) bond motifs is 2. The van der Waals surface area contributed by atoms with E-state index in [4.69, 9.17) is 0 Å². The zero-order chi connectivity index (χ0) is 18.3. The maximum atomic E-state index is 12.7. The number of carbonyl (C=O) groups is 3. The lowest BCUT2D eigenvalue weighted by Gasteiger charge is -2.30. The Bertz CT molecular complexity index is 919. The molecular weight excluding hydrogens is 328 g/mol. The molecule has 0 radical (unpaired) electrons. The number of imide groups is 1. The summed E-state index contributed by atoms with van der Waals surface area (Å²) in [6.07, 6.45) is 2.03. The third-order valence-corrected chi connectivity index (χ3v) is 5.09. The van der Waals surface area contributed by atoms with Gasteiger partial charge in [0, 0.05) is 25.2 Å². The highest BCUT2D eigenvalue weighted by molar-refractivity contribution is 6.21. The molecule has 0 aromatic heterocycles. The summed E-state index contributed by atoms with van der Waals surface area (Å²) < 4.78 is 0. The van der Waals surface area contributed by atoms with E-state index in [1.54, 1.807) is 17.0 Å². The third-order valence-electron chi connectivity index (χ3n) is 5.09. The number of para-hydroxylation sites is 1. The van der Waals surface area contributed by atoms with Crippen LogP contribution in [0.5, 0.6) is 0 Å². The van der Waals surface area contributed by atoms with Gasteiger partial charge in [0.15, 0.2) is 0 Å². The maximum absolute atomic E-state index is 12.7. The number of anilines is 1. The first-order valence-electron chi connectivity index (χ1n) is 8.91. The highest BCUT2D eigenvalue weighted by atomic mass is 16.2. The normalized spacial score (nSPS) is 15.9. The number of benzene rings is 2. The van der Waals surface area contributed by atoms with E-state index in [2.05, 4.69) is 0 Å². The summed E-state index contributed by atoms with van der Waals surface area (Å²) in [6, 6.07) is 13.2. The van der Waals surface area contributed by atoms with Crippen molar-refractivity contribution < 1.29 is 14.4 Å². The van der Waals surface area contributed by atoms with E-state index in [-0.39, 0.29) is 30.7 Å². The van der Waals surface area contributed by atoms with Crippen LogP contribution in [-0.2, 0) is 11.2 Å². The van der Waals surface area contributed by atoms with Crippen molar-refractivity contribution in [2.75, 3.05) is 18.0 Å². The lowest BCUT2D eigenvalue weighted by atomic mass is 10.0. The predicted octanol–water partition coefficient (Wildman–Crippen LogP) is 2.96. The molecule has 5 nitrogen and oxygen atoms in total. The Morgan fingerprint density at radius 3 is 2.65 bits per heavy atom. The quantitative estimate of drug-likeness (QED) is 0.802. The molecule has 2 aromatic carbocycles. The fraction of sp³-hybridized carbons (Fsp3) is 0.286. The Kier molecular flexibility index (Phi) is 4.07. The van der Waals surface area contributed by atoms with E-state index in [0.717, 1.165) is 24.1 Å². The van der Waals surface area contributed by atoms with Crippen molar-refractivity contribution in [3.05, 3.63) is 64.7 Å². The third kappa shape index (κ3) is 2.69. The van der Waals surface area contributed by atoms with E-state index < -0.39 is 0 Å². The fourth-order valence-corrected chi connectivity index (χ4v) is 3.74. The molecule has 3 amide bonds. The average Bonchev–Trinajstić information content (AvgIpc) is 2.89. The molecule has 5 heteroatoms. The predicted molar refractivity (Wildman–Crippen MR) is 98.3 cm³/mol. The first kappa shape index (κ1) is 16.5. The van der Waals surface area contributed by atoms with Crippen LogP contribution in [0.25, 0.3) is 0 Å². The highest BCUT2D eigenvalue weighted by Crippen LogP contribution is 2.28. The van der Waals surface area contributed by atoms with E-state index >= 15 is 0 Å². The van der Waals surface area contributed by atoms with E-state index in [1.807, 2.05) is 37.3 Å². The monoisotopic (exact) mass is 348 g/mol. The largest absolute Gasteiger partial charge is 0.312 e. The molecule has 0 spiro atoms. The van der Waals surface area contributed by atoms with Crippen LogP contribution >= 0.6 is 0 Å². The van der Waals surface area contributed by atoms with Gasteiger partial charge in [-0.25, -0.2) is 0 Å². The van der Waals surface area contributed by atoms with Crippen molar-refractivity contribution in [2.45, 2.75) is 26.2 Å². The zero-order valence-electron chi connectivity index (χ0n) is 14.7. The standard InChI is InChI=1S/C21H20N2O3/c1-14-8-9-16-17(13-14)21(26)23(20(16)25)12-10-19(24)22-11-4-6-15-5-2-3-7-18(15)22/h2-3,5,7-9,13H,4,6,10-12H2,1H3. The Labute approximate surface area is 152 Å². The van der Waals surface area contributed by atoms with Gasteiger partial charge in [-0.05, 0) is 43.5 Å². The molecule has 132 valence electrons. The van der Waals surface area contributed by atoms with Gasteiger partial charge in [-0.2, -0.15) is 0 Å². The van der Waals surface area contributed by atoms with E-state index in [1.165, 1.54) is 10.5 Å². The molecule has 0 unspecified atom stereocenters. The summed E-state index contributed by atoms with van der Waals surface area (Å²) in [7, 11) is 0. The summed E-state index contributed by atoms with van der Waals surface area (Å²) >= 11 is 0. The van der Waals surface area contributed by atoms with Gasteiger partial charge >= 0.3 is 0 Å². The van der Waals surface area contributed by atoms with Crippen molar-refractivity contribution in [1.29, 1.82) is 0 Å². The van der Waals surface area contributed by atoms with Gasteiger partial charge in [0.05, 0.1) is 11.1 Å². The van der Waals surface area contributed by atoms with E-state index in [0.29, 0.717) is 17.7 Å². The lowest BCUT2D eigenvalue weighted by molar-refractivity contribution is -0.118.